The van der Waals surface area contributed by atoms with Gasteiger partial charge < -0.3 is 4.90 Å². The van der Waals surface area contributed by atoms with Crippen LogP contribution in [-0.4, -0.2) is 15.0 Å². The Morgan fingerprint density at radius 2 is 0.733 bits per heavy atom. The van der Waals surface area contributed by atoms with Gasteiger partial charge in [0.05, 0.1) is 16.8 Å². The van der Waals surface area contributed by atoms with Crippen LogP contribution in [0.25, 0.3) is 67.2 Å². The van der Waals surface area contributed by atoms with Crippen molar-refractivity contribution in [1.82, 2.24) is 15.0 Å². The second kappa shape index (κ2) is 13.6. The highest BCUT2D eigenvalue weighted by Gasteiger charge is 2.51. The molecule has 2 heterocycles. The number of fused-ring (bicyclic) bond motifs is 10. The molecule has 10 aromatic rings. The zero-order valence-corrected chi connectivity index (χ0v) is 32.6. The van der Waals surface area contributed by atoms with Crippen molar-refractivity contribution in [2.24, 2.45) is 0 Å². The molecule has 0 fully saturated rings. The second-order valence-corrected chi connectivity index (χ2v) is 15.6. The molecule has 0 atom stereocenters. The van der Waals surface area contributed by atoms with Crippen molar-refractivity contribution >= 4 is 27.8 Å². The molecule has 4 nitrogen and oxygen atoms in total. The Morgan fingerprint density at radius 1 is 0.300 bits per heavy atom. The summed E-state index contributed by atoms with van der Waals surface area (Å²) in [7, 11) is 0. The van der Waals surface area contributed by atoms with Gasteiger partial charge in [-0.1, -0.05) is 176 Å². The van der Waals surface area contributed by atoms with Crippen LogP contribution < -0.4 is 4.90 Å². The van der Waals surface area contributed by atoms with Crippen LogP contribution in [0.5, 0.6) is 0 Å². The van der Waals surface area contributed by atoms with E-state index in [-0.39, 0.29) is 0 Å². The largest absolute Gasteiger partial charge is 0.310 e. The van der Waals surface area contributed by atoms with Crippen LogP contribution in [0.15, 0.2) is 218 Å². The fraction of sp³-hybridized carbons (Fsp3) is 0.0179. The zero-order valence-electron chi connectivity index (χ0n) is 32.6. The standard InChI is InChI=1S/C56H36N4/c1-4-16-38(17-5-1)53-57-54(39-18-6-2-7-19-39)59-55(58-53)40-30-28-37(29-31-40)43-32-33-47-45(35-43)46-34-41-20-10-11-21-42(41)36-50(46)56(47)48-24-12-14-26-51(48)60(44-22-8-3-9-23-44)52-27-15-13-25-49(52)56/h1-36H. The van der Waals surface area contributed by atoms with E-state index in [2.05, 4.69) is 163 Å². The Morgan fingerprint density at radius 3 is 1.32 bits per heavy atom. The molecule has 1 aliphatic heterocycles. The highest BCUT2D eigenvalue weighted by atomic mass is 15.2. The molecule has 0 unspecified atom stereocenters. The van der Waals surface area contributed by atoms with E-state index in [1.165, 1.54) is 55.5 Å². The number of nitrogens with zero attached hydrogens (tertiary/aromatic N) is 4. The van der Waals surface area contributed by atoms with Crippen molar-refractivity contribution in [3.8, 4) is 56.4 Å². The third-order valence-electron chi connectivity index (χ3n) is 12.3. The highest BCUT2D eigenvalue weighted by Crippen LogP contribution is 2.64. The SMILES string of the molecule is c1ccc(-c2nc(-c3ccccc3)nc(-c3ccc(-c4ccc5c(c4)-c4cc6ccccc6cc4C54c5ccccc5N(c5ccccc5)c5ccccc54)cc3)n2)cc1. The van der Waals surface area contributed by atoms with Crippen molar-refractivity contribution in [2.45, 2.75) is 5.41 Å². The summed E-state index contributed by atoms with van der Waals surface area (Å²) >= 11 is 0. The smallest absolute Gasteiger partial charge is 0.164 e. The molecule has 1 spiro atoms. The van der Waals surface area contributed by atoms with Gasteiger partial charge in [-0.25, -0.2) is 15.0 Å². The summed E-state index contributed by atoms with van der Waals surface area (Å²) < 4.78 is 0. The van der Waals surface area contributed by atoms with Crippen LogP contribution in [0.2, 0.25) is 0 Å². The van der Waals surface area contributed by atoms with E-state index in [4.69, 9.17) is 15.0 Å². The van der Waals surface area contributed by atoms with Crippen LogP contribution in [-0.2, 0) is 5.41 Å². The maximum Gasteiger partial charge on any atom is 0.164 e. The summed E-state index contributed by atoms with van der Waals surface area (Å²) in [4.78, 5) is 17.3. The van der Waals surface area contributed by atoms with Gasteiger partial charge in [0.15, 0.2) is 17.5 Å². The van der Waals surface area contributed by atoms with E-state index in [0.29, 0.717) is 17.5 Å². The molecule has 12 rings (SSSR count). The van der Waals surface area contributed by atoms with Crippen LogP contribution in [0.3, 0.4) is 0 Å². The Labute approximate surface area is 348 Å². The number of para-hydroxylation sites is 3. The summed E-state index contributed by atoms with van der Waals surface area (Å²) in [5.41, 5.74) is 15.8. The number of benzene rings is 9. The van der Waals surface area contributed by atoms with E-state index in [0.717, 1.165) is 33.5 Å². The van der Waals surface area contributed by atoms with Crippen LogP contribution in [0.1, 0.15) is 22.3 Å². The minimum Gasteiger partial charge on any atom is -0.310 e. The van der Waals surface area contributed by atoms with Gasteiger partial charge in [-0.2, -0.15) is 0 Å². The average molecular weight is 765 g/mol. The molecule has 9 aromatic carbocycles. The molecule has 60 heavy (non-hydrogen) atoms. The number of aromatic nitrogens is 3. The summed E-state index contributed by atoms with van der Waals surface area (Å²) in [6, 6.07) is 78.4. The van der Waals surface area contributed by atoms with E-state index in [1.807, 2.05) is 60.7 Å². The molecule has 0 radical (unpaired) electrons. The van der Waals surface area contributed by atoms with E-state index in [1.54, 1.807) is 0 Å². The van der Waals surface area contributed by atoms with E-state index < -0.39 is 5.41 Å². The molecule has 0 bridgehead atoms. The van der Waals surface area contributed by atoms with Crippen LogP contribution >= 0.6 is 0 Å². The molecule has 4 heteroatoms. The fourth-order valence-corrected chi connectivity index (χ4v) is 9.62. The first-order valence-corrected chi connectivity index (χ1v) is 20.4. The maximum absolute atomic E-state index is 4.98. The summed E-state index contributed by atoms with van der Waals surface area (Å²) in [6.45, 7) is 0. The second-order valence-electron chi connectivity index (χ2n) is 15.6. The average Bonchev–Trinajstić information content (AvgIpc) is 3.60. The van der Waals surface area contributed by atoms with Gasteiger partial charge in [-0.05, 0) is 97.7 Å². The number of hydrogen-bond acceptors (Lipinski definition) is 4. The van der Waals surface area contributed by atoms with Gasteiger partial charge in [-0.15, -0.1) is 0 Å². The first-order chi connectivity index (χ1) is 29.7. The fourth-order valence-electron chi connectivity index (χ4n) is 9.62. The van der Waals surface area contributed by atoms with Gasteiger partial charge in [0, 0.05) is 22.4 Å². The Kier molecular flexibility index (Phi) is 7.72. The number of hydrogen-bond donors (Lipinski definition) is 0. The predicted molar refractivity (Wildman–Crippen MR) is 245 cm³/mol. The Hall–Kier alpha value is -7.95. The molecular formula is C56H36N4. The molecular weight excluding hydrogens is 729 g/mol. The van der Waals surface area contributed by atoms with Crippen molar-refractivity contribution in [3.63, 3.8) is 0 Å². The molecule has 0 saturated heterocycles. The minimum atomic E-state index is -0.527. The van der Waals surface area contributed by atoms with Crippen LogP contribution in [0.4, 0.5) is 17.1 Å². The first kappa shape index (κ1) is 34.1. The van der Waals surface area contributed by atoms with Gasteiger partial charge >= 0.3 is 0 Å². The third kappa shape index (κ3) is 5.21. The lowest BCUT2D eigenvalue weighted by molar-refractivity contribution is 0.753. The topological polar surface area (TPSA) is 41.9 Å². The van der Waals surface area contributed by atoms with Gasteiger partial charge in [0.25, 0.3) is 0 Å². The maximum atomic E-state index is 4.98. The molecule has 280 valence electrons. The summed E-state index contributed by atoms with van der Waals surface area (Å²) in [6.07, 6.45) is 0. The molecule has 0 saturated carbocycles. The van der Waals surface area contributed by atoms with Crippen molar-refractivity contribution in [2.75, 3.05) is 4.90 Å². The summed E-state index contributed by atoms with van der Waals surface area (Å²) in [5, 5.41) is 2.48. The van der Waals surface area contributed by atoms with Crippen molar-refractivity contribution in [3.05, 3.63) is 241 Å². The third-order valence-corrected chi connectivity index (χ3v) is 12.3. The molecule has 0 amide bonds. The molecule has 1 aliphatic carbocycles. The van der Waals surface area contributed by atoms with Gasteiger partial charge in [0.2, 0.25) is 0 Å². The van der Waals surface area contributed by atoms with E-state index >= 15 is 0 Å². The lowest BCUT2D eigenvalue weighted by Crippen LogP contribution is -2.36. The molecule has 2 aliphatic rings. The molecule has 0 N–H and O–H groups in total. The van der Waals surface area contributed by atoms with E-state index in [9.17, 15) is 0 Å². The van der Waals surface area contributed by atoms with Crippen molar-refractivity contribution in [1.29, 1.82) is 0 Å². The lowest BCUT2D eigenvalue weighted by atomic mass is 9.64. The normalized spacial score (nSPS) is 13.1. The minimum absolute atomic E-state index is 0.527. The van der Waals surface area contributed by atoms with Crippen LogP contribution in [0, 0.1) is 0 Å². The summed E-state index contributed by atoms with van der Waals surface area (Å²) in [5.74, 6) is 1.95. The highest BCUT2D eigenvalue weighted by molar-refractivity contribution is 6.01. The number of rotatable bonds is 5. The van der Waals surface area contributed by atoms with Crippen molar-refractivity contribution < 1.29 is 0 Å². The number of anilines is 3. The Bertz CT molecular complexity index is 3150. The van der Waals surface area contributed by atoms with Gasteiger partial charge in [0.1, 0.15) is 0 Å². The predicted octanol–water partition coefficient (Wildman–Crippen LogP) is 13.8. The quantitative estimate of drug-likeness (QED) is 0.175. The monoisotopic (exact) mass is 764 g/mol. The zero-order chi connectivity index (χ0) is 39.6. The lowest BCUT2D eigenvalue weighted by Gasteiger charge is -2.45. The molecule has 1 aromatic heterocycles. The first-order valence-electron chi connectivity index (χ1n) is 20.4. The Balaban J connectivity index is 1.03. The van der Waals surface area contributed by atoms with Gasteiger partial charge in [-0.3, -0.25) is 0 Å².